The lowest BCUT2D eigenvalue weighted by Crippen LogP contribution is -2.44. The molecule has 0 aromatic rings. The summed E-state index contributed by atoms with van der Waals surface area (Å²) in [5.74, 6) is 2.80. The summed E-state index contributed by atoms with van der Waals surface area (Å²) in [4.78, 5) is 0. The van der Waals surface area contributed by atoms with Crippen LogP contribution in [-0.4, -0.2) is 34.8 Å². The van der Waals surface area contributed by atoms with E-state index in [1.54, 1.807) is 0 Å². The van der Waals surface area contributed by atoms with Crippen LogP contribution in [0.1, 0.15) is 46.5 Å². The minimum atomic E-state index is -0.437. The molecule has 0 aromatic heterocycles. The van der Waals surface area contributed by atoms with Crippen LogP contribution in [0.5, 0.6) is 0 Å². The number of hydrogen-bond acceptors (Lipinski definition) is 3. The van der Waals surface area contributed by atoms with Gasteiger partial charge >= 0.3 is 0 Å². The monoisotopic (exact) mass is 245 g/mol. The Kier molecular flexibility index (Phi) is 6.16. The largest absolute Gasteiger partial charge is 0.388 e. The summed E-state index contributed by atoms with van der Waals surface area (Å²) in [7, 11) is 0. The van der Waals surface area contributed by atoms with Crippen LogP contribution in [0.3, 0.4) is 0 Å². The third-order valence-corrected chi connectivity index (χ3v) is 4.91. The first-order valence-corrected chi connectivity index (χ1v) is 7.78. The van der Waals surface area contributed by atoms with Crippen molar-refractivity contribution in [3.63, 3.8) is 0 Å². The average Bonchev–Trinajstić information content (AvgIpc) is 2.71. The molecule has 1 heterocycles. The molecule has 0 radical (unpaired) electrons. The first-order chi connectivity index (χ1) is 7.59. The van der Waals surface area contributed by atoms with Crippen molar-refractivity contribution >= 4 is 11.8 Å². The van der Waals surface area contributed by atoms with Gasteiger partial charge in [-0.25, -0.2) is 0 Å². The number of aliphatic hydroxyl groups is 1. The van der Waals surface area contributed by atoms with Crippen LogP contribution in [0.25, 0.3) is 0 Å². The molecule has 2 nitrogen and oxygen atoms in total. The van der Waals surface area contributed by atoms with Gasteiger partial charge in [0.05, 0.1) is 5.60 Å². The smallest absolute Gasteiger partial charge is 0.0869 e. The normalized spacial score (nSPS) is 29.2. The molecule has 0 aromatic carbocycles. The molecule has 3 heteroatoms. The van der Waals surface area contributed by atoms with Crippen LogP contribution in [0, 0.1) is 5.92 Å². The van der Waals surface area contributed by atoms with Crippen molar-refractivity contribution in [1.82, 2.24) is 5.32 Å². The second kappa shape index (κ2) is 6.87. The summed E-state index contributed by atoms with van der Waals surface area (Å²) < 4.78 is 0. The molecule has 0 bridgehead atoms. The third kappa shape index (κ3) is 4.64. The number of rotatable bonds is 7. The van der Waals surface area contributed by atoms with Crippen LogP contribution in [0.2, 0.25) is 0 Å². The fourth-order valence-corrected chi connectivity index (χ4v) is 3.41. The van der Waals surface area contributed by atoms with Gasteiger partial charge in [0.15, 0.2) is 0 Å². The Labute approximate surface area is 105 Å². The predicted molar refractivity (Wildman–Crippen MR) is 73.0 cm³/mol. The van der Waals surface area contributed by atoms with Crippen LogP contribution < -0.4 is 5.32 Å². The van der Waals surface area contributed by atoms with Gasteiger partial charge in [0.1, 0.15) is 0 Å². The van der Waals surface area contributed by atoms with Crippen molar-refractivity contribution in [2.24, 2.45) is 5.92 Å². The topological polar surface area (TPSA) is 32.3 Å². The van der Waals surface area contributed by atoms with Gasteiger partial charge in [-0.05, 0) is 30.9 Å². The standard InChI is InChI=1S/C13H27NOS/c1-4-11(3)8-12(5-2)14-9-13(15)6-7-16-10-13/h11-12,14-15H,4-10H2,1-3H3. The van der Waals surface area contributed by atoms with Crippen molar-refractivity contribution in [2.45, 2.75) is 58.1 Å². The maximum atomic E-state index is 10.2. The molecule has 1 fully saturated rings. The molecule has 0 aliphatic carbocycles. The Morgan fingerprint density at radius 3 is 2.62 bits per heavy atom. The van der Waals surface area contributed by atoms with E-state index in [1.165, 1.54) is 12.8 Å². The van der Waals surface area contributed by atoms with Gasteiger partial charge in [0.25, 0.3) is 0 Å². The van der Waals surface area contributed by atoms with Crippen LogP contribution in [0.15, 0.2) is 0 Å². The van der Waals surface area contributed by atoms with Crippen LogP contribution in [0.4, 0.5) is 0 Å². The van der Waals surface area contributed by atoms with E-state index in [1.807, 2.05) is 11.8 Å². The molecular formula is C13H27NOS. The number of thioether (sulfide) groups is 1. The van der Waals surface area contributed by atoms with E-state index >= 15 is 0 Å². The Hall–Kier alpha value is 0.270. The lowest BCUT2D eigenvalue weighted by atomic mass is 9.96. The van der Waals surface area contributed by atoms with E-state index in [9.17, 15) is 5.11 Å². The van der Waals surface area contributed by atoms with E-state index in [2.05, 4.69) is 26.1 Å². The van der Waals surface area contributed by atoms with Gasteiger partial charge in [-0.3, -0.25) is 0 Å². The molecule has 2 N–H and O–H groups in total. The fraction of sp³-hybridized carbons (Fsp3) is 1.00. The van der Waals surface area contributed by atoms with Gasteiger partial charge in [0.2, 0.25) is 0 Å². The van der Waals surface area contributed by atoms with Gasteiger partial charge in [-0.1, -0.05) is 27.2 Å². The van der Waals surface area contributed by atoms with Crippen molar-refractivity contribution < 1.29 is 5.11 Å². The van der Waals surface area contributed by atoms with Crippen molar-refractivity contribution in [3.8, 4) is 0 Å². The van der Waals surface area contributed by atoms with Crippen molar-refractivity contribution in [3.05, 3.63) is 0 Å². The molecule has 96 valence electrons. The summed E-state index contributed by atoms with van der Waals surface area (Å²) in [6, 6.07) is 0.574. The Balaban J connectivity index is 2.27. The highest BCUT2D eigenvalue weighted by Gasteiger charge is 2.31. The molecular weight excluding hydrogens is 218 g/mol. The van der Waals surface area contributed by atoms with E-state index in [-0.39, 0.29) is 0 Å². The minimum absolute atomic E-state index is 0.437. The summed E-state index contributed by atoms with van der Waals surface area (Å²) in [6.07, 6.45) is 4.59. The van der Waals surface area contributed by atoms with Gasteiger partial charge in [-0.2, -0.15) is 11.8 Å². The molecule has 0 spiro atoms. The number of hydrogen-bond donors (Lipinski definition) is 2. The van der Waals surface area contributed by atoms with Gasteiger partial charge < -0.3 is 10.4 Å². The average molecular weight is 245 g/mol. The highest BCUT2D eigenvalue weighted by Crippen LogP contribution is 2.27. The van der Waals surface area contributed by atoms with Crippen LogP contribution in [-0.2, 0) is 0 Å². The zero-order valence-corrected chi connectivity index (χ0v) is 11.8. The van der Waals surface area contributed by atoms with E-state index in [4.69, 9.17) is 0 Å². The summed E-state index contributed by atoms with van der Waals surface area (Å²) in [6.45, 7) is 7.56. The Morgan fingerprint density at radius 2 is 2.12 bits per heavy atom. The van der Waals surface area contributed by atoms with Crippen LogP contribution >= 0.6 is 11.8 Å². The lowest BCUT2D eigenvalue weighted by molar-refractivity contribution is 0.0633. The molecule has 1 rings (SSSR count). The highest BCUT2D eigenvalue weighted by atomic mass is 32.2. The molecule has 16 heavy (non-hydrogen) atoms. The first-order valence-electron chi connectivity index (χ1n) is 6.63. The second-order valence-electron chi connectivity index (χ2n) is 5.26. The number of nitrogens with one attached hydrogen (secondary N) is 1. The molecule has 3 unspecified atom stereocenters. The van der Waals surface area contributed by atoms with Gasteiger partial charge in [0, 0.05) is 18.3 Å². The Bertz CT molecular complexity index is 192. The quantitative estimate of drug-likeness (QED) is 0.723. The van der Waals surface area contributed by atoms with Crippen molar-refractivity contribution in [2.75, 3.05) is 18.1 Å². The molecule has 1 aliphatic heterocycles. The Morgan fingerprint density at radius 1 is 1.38 bits per heavy atom. The summed E-state index contributed by atoms with van der Waals surface area (Å²) in [5, 5.41) is 13.8. The molecule has 0 saturated carbocycles. The van der Waals surface area contributed by atoms with E-state index in [0.29, 0.717) is 6.04 Å². The second-order valence-corrected chi connectivity index (χ2v) is 6.37. The van der Waals surface area contributed by atoms with E-state index in [0.717, 1.165) is 36.8 Å². The molecule has 1 aliphatic rings. The third-order valence-electron chi connectivity index (χ3n) is 3.68. The summed E-state index contributed by atoms with van der Waals surface area (Å²) in [5.41, 5.74) is -0.437. The van der Waals surface area contributed by atoms with Crippen molar-refractivity contribution in [1.29, 1.82) is 0 Å². The first kappa shape index (κ1) is 14.3. The van der Waals surface area contributed by atoms with Gasteiger partial charge in [-0.15, -0.1) is 0 Å². The molecule has 1 saturated heterocycles. The lowest BCUT2D eigenvalue weighted by Gasteiger charge is -2.27. The SMILES string of the molecule is CCC(C)CC(CC)NCC1(O)CCSC1. The zero-order valence-electron chi connectivity index (χ0n) is 11.0. The molecule has 3 atom stereocenters. The predicted octanol–water partition coefficient (Wildman–Crippen LogP) is 2.66. The van der Waals surface area contributed by atoms with E-state index < -0.39 is 5.60 Å². The minimum Gasteiger partial charge on any atom is -0.388 e. The maximum absolute atomic E-state index is 10.2. The maximum Gasteiger partial charge on any atom is 0.0869 e. The zero-order chi connectivity index (χ0) is 12.0. The highest BCUT2D eigenvalue weighted by molar-refractivity contribution is 7.99. The summed E-state index contributed by atoms with van der Waals surface area (Å²) >= 11 is 1.87. The fourth-order valence-electron chi connectivity index (χ4n) is 2.12. The molecule has 0 amide bonds.